The summed E-state index contributed by atoms with van der Waals surface area (Å²) in [5.41, 5.74) is 1.50. The van der Waals surface area contributed by atoms with Crippen molar-refractivity contribution in [1.82, 2.24) is 9.62 Å². The van der Waals surface area contributed by atoms with Crippen LogP contribution < -0.4 is 10.1 Å². The van der Waals surface area contributed by atoms with Crippen molar-refractivity contribution in [2.24, 2.45) is 0 Å². The van der Waals surface area contributed by atoms with Gasteiger partial charge in [0.2, 0.25) is 10.0 Å². The Morgan fingerprint density at radius 3 is 2.23 bits per heavy atom. The topological polar surface area (TPSA) is 75.7 Å². The first-order valence-electron chi connectivity index (χ1n) is 9.65. The Kier molecular flexibility index (Phi) is 8.08. The third kappa shape index (κ3) is 6.70. The number of nitrogens with zero attached hydrogens (tertiary/aromatic N) is 1. The third-order valence-electron chi connectivity index (χ3n) is 4.58. The van der Waals surface area contributed by atoms with Crippen molar-refractivity contribution in [3.05, 3.63) is 59.2 Å². The number of aryl methyl sites for hydroxylation is 1. The second kappa shape index (κ2) is 10.1. The predicted molar refractivity (Wildman–Crippen MR) is 110 cm³/mol. The zero-order valence-corrected chi connectivity index (χ0v) is 18.3. The van der Waals surface area contributed by atoms with E-state index in [1.54, 1.807) is 39.0 Å². The lowest BCUT2D eigenvalue weighted by Gasteiger charge is -2.19. The van der Waals surface area contributed by atoms with E-state index >= 15 is 0 Å². The van der Waals surface area contributed by atoms with Gasteiger partial charge in [0.25, 0.3) is 5.91 Å². The molecule has 2 rings (SSSR count). The quantitative estimate of drug-likeness (QED) is 0.619. The summed E-state index contributed by atoms with van der Waals surface area (Å²) in [4.78, 5) is 12.7. The maximum Gasteiger partial charge on any atom is 0.422 e. The van der Waals surface area contributed by atoms with Gasteiger partial charge in [0.1, 0.15) is 5.75 Å². The van der Waals surface area contributed by atoms with Crippen molar-refractivity contribution in [2.75, 3.05) is 19.7 Å². The second-order valence-electron chi connectivity index (χ2n) is 6.80. The zero-order valence-electron chi connectivity index (χ0n) is 17.5. The van der Waals surface area contributed by atoms with E-state index < -0.39 is 28.7 Å². The molecule has 170 valence electrons. The van der Waals surface area contributed by atoms with Gasteiger partial charge in [-0.2, -0.15) is 17.5 Å². The molecule has 0 atom stereocenters. The summed E-state index contributed by atoms with van der Waals surface area (Å²) in [5, 5.41) is 2.70. The van der Waals surface area contributed by atoms with E-state index in [4.69, 9.17) is 0 Å². The molecule has 0 bridgehead atoms. The van der Waals surface area contributed by atoms with Gasteiger partial charge in [-0.05, 0) is 42.3 Å². The van der Waals surface area contributed by atoms with E-state index in [0.717, 1.165) is 0 Å². The molecule has 10 heteroatoms. The van der Waals surface area contributed by atoms with Crippen molar-refractivity contribution in [3.8, 4) is 5.75 Å². The minimum absolute atomic E-state index is 0.0399. The van der Waals surface area contributed by atoms with E-state index in [9.17, 15) is 26.4 Å². The molecule has 0 heterocycles. The molecule has 2 aromatic carbocycles. The number of hydrogen-bond donors (Lipinski definition) is 1. The zero-order chi connectivity index (χ0) is 23.2. The maximum atomic E-state index is 12.7. The molecule has 31 heavy (non-hydrogen) atoms. The number of ether oxygens (including phenoxy) is 1. The highest BCUT2D eigenvalue weighted by atomic mass is 32.2. The molecule has 0 spiro atoms. The highest BCUT2D eigenvalue weighted by molar-refractivity contribution is 7.89. The molecule has 0 aromatic heterocycles. The third-order valence-corrected chi connectivity index (χ3v) is 6.62. The van der Waals surface area contributed by atoms with Gasteiger partial charge in [-0.3, -0.25) is 4.79 Å². The molecule has 0 aliphatic carbocycles. The Morgan fingerprint density at radius 1 is 1.06 bits per heavy atom. The molecule has 2 aromatic rings. The average molecular weight is 459 g/mol. The fourth-order valence-corrected chi connectivity index (χ4v) is 4.35. The lowest BCUT2D eigenvalue weighted by atomic mass is 10.1. The summed E-state index contributed by atoms with van der Waals surface area (Å²) in [7, 11) is -3.70. The van der Waals surface area contributed by atoms with Crippen molar-refractivity contribution >= 4 is 15.9 Å². The molecule has 0 aliphatic heterocycles. The normalized spacial score (nSPS) is 12.1. The smallest absolute Gasteiger partial charge is 0.422 e. The molecule has 0 unspecified atom stereocenters. The van der Waals surface area contributed by atoms with Gasteiger partial charge in [0.15, 0.2) is 6.61 Å². The van der Waals surface area contributed by atoms with Crippen LogP contribution in [0.15, 0.2) is 47.4 Å². The highest BCUT2D eigenvalue weighted by Crippen LogP contribution is 2.21. The molecule has 0 saturated carbocycles. The Balaban J connectivity index is 2.09. The number of amides is 1. The SMILES string of the molecule is CCN(CC)S(=O)(=O)c1ccc(C)c(C(=O)NCc2ccc(OCC(F)(F)F)cc2)c1. The summed E-state index contributed by atoms with van der Waals surface area (Å²) >= 11 is 0. The summed E-state index contributed by atoms with van der Waals surface area (Å²) in [6.07, 6.45) is -4.42. The summed E-state index contributed by atoms with van der Waals surface area (Å²) < 4.78 is 68.0. The largest absolute Gasteiger partial charge is 0.484 e. The second-order valence-corrected chi connectivity index (χ2v) is 8.73. The molecule has 6 nitrogen and oxygen atoms in total. The molecular weight excluding hydrogens is 433 g/mol. The number of sulfonamides is 1. The minimum atomic E-state index is -4.42. The number of benzene rings is 2. The molecule has 1 N–H and O–H groups in total. The van der Waals surface area contributed by atoms with Crippen LogP contribution in [-0.4, -0.2) is 44.5 Å². The van der Waals surface area contributed by atoms with Gasteiger partial charge in [0, 0.05) is 25.2 Å². The molecule has 1 amide bonds. The molecule has 0 fully saturated rings. The van der Waals surface area contributed by atoms with Gasteiger partial charge in [-0.15, -0.1) is 0 Å². The number of hydrogen-bond acceptors (Lipinski definition) is 4. The van der Waals surface area contributed by atoms with Gasteiger partial charge < -0.3 is 10.1 Å². The number of carbonyl (C=O) groups excluding carboxylic acids is 1. The first kappa shape index (κ1) is 24.7. The van der Waals surface area contributed by atoms with Crippen LogP contribution >= 0.6 is 0 Å². The van der Waals surface area contributed by atoms with E-state index in [0.29, 0.717) is 24.2 Å². The number of nitrogens with one attached hydrogen (secondary N) is 1. The molecule has 0 saturated heterocycles. The van der Waals surface area contributed by atoms with Gasteiger partial charge in [-0.1, -0.05) is 32.0 Å². The monoisotopic (exact) mass is 458 g/mol. The van der Waals surface area contributed by atoms with Gasteiger partial charge in [0.05, 0.1) is 4.90 Å². The predicted octanol–water partition coefficient (Wildman–Crippen LogP) is 3.90. The van der Waals surface area contributed by atoms with Crippen LogP contribution in [0.2, 0.25) is 0 Å². The van der Waals surface area contributed by atoms with Crippen LogP contribution in [0.5, 0.6) is 5.75 Å². The van der Waals surface area contributed by atoms with E-state index in [1.807, 2.05) is 0 Å². The van der Waals surface area contributed by atoms with Crippen molar-refractivity contribution < 1.29 is 31.1 Å². The summed E-state index contributed by atoms with van der Waals surface area (Å²) in [6, 6.07) is 10.3. The number of alkyl halides is 3. The Bertz CT molecular complexity index is 1000. The number of halogens is 3. The van der Waals surface area contributed by atoms with E-state index in [-0.39, 0.29) is 22.8 Å². The first-order valence-corrected chi connectivity index (χ1v) is 11.1. The van der Waals surface area contributed by atoms with Crippen LogP contribution in [0.1, 0.15) is 35.3 Å². The highest BCUT2D eigenvalue weighted by Gasteiger charge is 2.28. The Hall–Kier alpha value is -2.59. The van der Waals surface area contributed by atoms with Crippen LogP contribution in [0.3, 0.4) is 0 Å². The van der Waals surface area contributed by atoms with Crippen LogP contribution in [-0.2, 0) is 16.6 Å². The van der Waals surface area contributed by atoms with E-state index in [1.165, 1.54) is 28.6 Å². The van der Waals surface area contributed by atoms with Crippen LogP contribution in [0, 0.1) is 6.92 Å². The Morgan fingerprint density at radius 2 is 1.68 bits per heavy atom. The maximum absolute atomic E-state index is 12.7. The van der Waals surface area contributed by atoms with Gasteiger partial charge >= 0.3 is 6.18 Å². The molecule has 0 aliphatic rings. The Labute approximate surface area is 180 Å². The van der Waals surface area contributed by atoms with Crippen LogP contribution in [0.4, 0.5) is 13.2 Å². The summed E-state index contributed by atoms with van der Waals surface area (Å²) in [6.45, 7) is 4.55. The van der Waals surface area contributed by atoms with E-state index in [2.05, 4.69) is 10.1 Å². The average Bonchev–Trinajstić information content (AvgIpc) is 2.71. The molecular formula is C21H25F3N2O4S. The van der Waals surface area contributed by atoms with Gasteiger partial charge in [-0.25, -0.2) is 8.42 Å². The minimum Gasteiger partial charge on any atom is -0.484 e. The van der Waals surface area contributed by atoms with Crippen molar-refractivity contribution in [1.29, 1.82) is 0 Å². The van der Waals surface area contributed by atoms with Crippen LogP contribution in [0.25, 0.3) is 0 Å². The standard InChI is InChI=1S/C21H25F3N2O4S/c1-4-26(5-2)31(28,29)18-11-6-15(3)19(12-18)20(27)25-13-16-7-9-17(10-8-16)30-14-21(22,23)24/h6-12H,4-5,13-14H2,1-3H3,(H,25,27). The first-order chi connectivity index (χ1) is 14.5. The fraction of sp³-hybridized carbons (Fsp3) is 0.381. The lowest BCUT2D eigenvalue weighted by molar-refractivity contribution is -0.153. The van der Waals surface area contributed by atoms with Crippen molar-refractivity contribution in [3.63, 3.8) is 0 Å². The lowest BCUT2D eigenvalue weighted by Crippen LogP contribution is -2.31. The number of rotatable bonds is 9. The molecule has 0 radical (unpaired) electrons. The fourth-order valence-electron chi connectivity index (χ4n) is 2.87. The van der Waals surface area contributed by atoms with Crippen molar-refractivity contribution in [2.45, 2.75) is 38.4 Å². The summed E-state index contributed by atoms with van der Waals surface area (Å²) in [5.74, 6) is -0.385. The number of carbonyl (C=O) groups is 1.